The van der Waals surface area contributed by atoms with Gasteiger partial charge in [-0.05, 0) is 26.7 Å². The molecule has 4 aliphatic heterocycles. The smallest absolute Gasteiger partial charge is 0.0837 e. The van der Waals surface area contributed by atoms with Crippen molar-refractivity contribution in [1.29, 1.82) is 0 Å². The summed E-state index contributed by atoms with van der Waals surface area (Å²) in [5, 5.41) is 16.2. The molecule has 0 saturated carbocycles. The Bertz CT molecular complexity index is 374. The SMILES string of the molecule is CC(CC1CO1)(CC1CO1)OC(C)(CC1CO1)CC1CO1.OCCCCO. The van der Waals surface area contributed by atoms with E-state index in [1.165, 1.54) is 0 Å². The van der Waals surface area contributed by atoms with Gasteiger partial charge < -0.3 is 33.9 Å². The lowest BCUT2D eigenvalue weighted by Gasteiger charge is -2.40. The fraction of sp³-hybridized carbons (Fsp3) is 1.00. The van der Waals surface area contributed by atoms with E-state index in [9.17, 15) is 0 Å². The number of rotatable bonds is 13. The highest BCUT2D eigenvalue weighted by molar-refractivity contribution is 4.96. The molecule has 0 spiro atoms. The highest BCUT2D eigenvalue weighted by Crippen LogP contribution is 2.41. The third-order valence-electron chi connectivity index (χ3n) is 5.31. The first-order chi connectivity index (χ1) is 12.9. The Morgan fingerprint density at radius 3 is 1.11 bits per heavy atom. The summed E-state index contributed by atoms with van der Waals surface area (Å²) in [6.45, 7) is 8.32. The lowest BCUT2D eigenvalue weighted by Crippen LogP contribution is -2.44. The van der Waals surface area contributed by atoms with E-state index >= 15 is 0 Å². The van der Waals surface area contributed by atoms with Gasteiger partial charge in [-0.15, -0.1) is 0 Å². The zero-order valence-corrected chi connectivity index (χ0v) is 16.7. The molecule has 0 radical (unpaired) electrons. The molecule has 0 aromatic carbocycles. The topological polar surface area (TPSA) is 99.8 Å². The normalized spacial score (nSPS) is 34.7. The molecule has 4 saturated heterocycles. The number of aliphatic hydroxyl groups is 2. The van der Waals surface area contributed by atoms with Crippen LogP contribution in [0.5, 0.6) is 0 Å². The second-order valence-corrected chi connectivity index (χ2v) is 8.79. The van der Waals surface area contributed by atoms with Crippen molar-refractivity contribution in [3.8, 4) is 0 Å². The molecule has 0 aliphatic carbocycles. The molecule has 4 heterocycles. The van der Waals surface area contributed by atoms with E-state index in [4.69, 9.17) is 33.9 Å². The van der Waals surface area contributed by atoms with E-state index in [1.807, 2.05) is 0 Å². The van der Waals surface area contributed by atoms with Crippen LogP contribution in [0.25, 0.3) is 0 Å². The summed E-state index contributed by atoms with van der Waals surface area (Å²) in [7, 11) is 0. The average molecular weight is 389 g/mol. The van der Waals surface area contributed by atoms with Crippen LogP contribution in [0.3, 0.4) is 0 Å². The van der Waals surface area contributed by atoms with Gasteiger partial charge in [0.15, 0.2) is 0 Å². The Kier molecular flexibility index (Phi) is 7.52. The number of aliphatic hydroxyl groups excluding tert-OH is 2. The molecule has 4 rings (SSSR count). The summed E-state index contributed by atoms with van der Waals surface area (Å²) in [6, 6.07) is 0. The molecule has 7 heteroatoms. The standard InChI is InChI=1S/C16H26O5.C4H10O2/c1-15(3-11-7-17-11,4-12-8-18-12)21-16(2,5-13-9-19-13)6-14-10-20-14;5-3-1-2-4-6/h11-14H,3-10H2,1-2H3;5-6H,1-4H2. The molecule has 27 heavy (non-hydrogen) atoms. The molecular formula is C20H36O7. The number of hydrogen-bond donors (Lipinski definition) is 2. The molecule has 158 valence electrons. The van der Waals surface area contributed by atoms with Crippen LogP contribution in [0, 0.1) is 0 Å². The largest absolute Gasteiger partial charge is 0.396 e. The zero-order valence-electron chi connectivity index (χ0n) is 16.7. The second kappa shape index (κ2) is 9.48. The van der Waals surface area contributed by atoms with Crippen LogP contribution in [0.15, 0.2) is 0 Å². The summed E-state index contributed by atoms with van der Waals surface area (Å²) in [5.74, 6) is 0. The van der Waals surface area contributed by atoms with Crippen LogP contribution in [0.1, 0.15) is 52.4 Å². The van der Waals surface area contributed by atoms with Gasteiger partial charge in [0.2, 0.25) is 0 Å². The molecule has 7 nitrogen and oxygen atoms in total. The number of hydrogen-bond acceptors (Lipinski definition) is 7. The quantitative estimate of drug-likeness (QED) is 0.364. The molecule has 2 N–H and O–H groups in total. The fourth-order valence-corrected chi connectivity index (χ4v) is 3.82. The zero-order chi connectivity index (χ0) is 19.3. The molecule has 0 amide bonds. The minimum atomic E-state index is -0.180. The Labute approximate surface area is 162 Å². The van der Waals surface area contributed by atoms with Crippen LogP contribution in [0.2, 0.25) is 0 Å². The van der Waals surface area contributed by atoms with Gasteiger partial charge >= 0.3 is 0 Å². The van der Waals surface area contributed by atoms with Crippen molar-refractivity contribution in [1.82, 2.24) is 0 Å². The highest BCUT2D eigenvalue weighted by Gasteiger charge is 2.47. The first kappa shape index (κ1) is 21.4. The first-order valence-electron chi connectivity index (χ1n) is 10.3. The molecule has 4 atom stereocenters. The van der Waals surface area contributed by atoms with E-state index < -0.39 is 0 Å². The van der Waals surface area contributed by atoms with E-state index in [0.29, 0.717) is 24.4 Å². The molecule has 4 aliphatic rings. The maximum absolute atomic E-state index is 8.09. The van der Waals surface area contributed by atoms with Crippen LogP contribution < -0.4 is 0 Å². The van der Waals surface area contributed by atoms with Crippen molar-refractivity contribution in [3.05, 3.63) is 0 Å². The summed E-state index contributed by atoms with van der Waals surface area (Å²) in [6.07, 6.45) is 6.74. The molecule has 0 aromatic rings. The van der Waals surface area contributed by atoms with Crippen LogP contribution in [0.4, 0.5) is 0 Å². The van der Waals surface area contributed by atoms with Gasteiger partial charge in [0.1, 0.15) is 0 Å². The van der Waals surface area contributed by atoms with Gasteiger partial charge in [-0.2, -0.15) is 0 Å². The van der Waals surface area contributed by atoms with Gasteiger partial charge in [-0.3, -0.25) is 0 Å². The van der Waals surface area contributed by atoms with Crippen LogP contribution in [-0.4, -0.2) is 85.5 Å². The fourth-order valence-electron chi connectivity index (χ4n) is 3.82. The minimum Gasteiger partial charge on any atom is -0.396 e. The summed E-state index contributed by atoms with van der Waals surface area (Å²) in [4.78, 5) is 0. The Morgan fingerprint density at radius 1 is 0.667 bits per heavy atom. The molecule has 0 bridgehead atoms. The van der Waals surface area contributed by atoms with Gasteiger partial charge in [0, 0.05) is 38.9 Å². The van der Waals surface area contributed by atoms with Crippen molar-refractivity contribution in [2.24, 2.45) is 0 Å². The monoisotopic (exact) mass is 388 g/mol. The Hall–Kier alpha value is -0.280. The minimum absolute atomic E-state index is 0.180. The third kappa shape index (κ3) is 8.73. The van der Waals surface area contributed by atoms with Crippen molar-refractivity contribution < 1.29 is 33.9 Å². The van der Waals surface area contributed by atoms with E-state index in [-0.39, 0.29) is 24.4 Å². The lowest BCUT2D eigenvalue weighted by molar-refractivity contribution is -0.161. The molecular weight excluding hydrogens is 352 g/mol. The van der Waals surface area contributed by atoms with Gasteiger partial charge in [-0.25, -0.2) is 0 Å². The van der Waals surface area contributed by atoms with Crippen molar-refractivity contribution >= 4 is 0 Å². The Balaban J connectivity index is 0.000000307. The van der Waals surface area contributed by atoms with Crippen LogP contribution >= 0.6 is 0 Å². The van der Waals surface area contributed by atoms with E-state index in [1.54, 1.807) is 0 Å². The van der Waals surface area contributed by atoms with Crippen molar-refractivity contribution in [3.63, 3.8) is 0 Å². The van der Waals surface area contributed by atoms with Gasteiger partial charge in [0.25, 0.3) is 0 Å². The summed E-state index contributed by atoms with van der Waals surface area (Å²) in [5.41, 5.74) is -0.359. The lowest BCUT2D eigenvalue weighted by atomic mass is 9.89. The maximum Gasteiger partial charge on any atom is 0.0837 e. The third-order valence-corrected chi connectivity index (χ3v) is 5.31. The summed E-state index contributed by atoms with van der Waals surface area (Å²) < 4.78 is 28.5. The summed E-state index contributed by atoms with van der Waals surface area (Å²) >= 11 is 0. The molecule has 4 fully saturated rings. The number of ether oxygens (including phenoxy) is 5. The highest BCUT2D eigenvalue weighted by atomic mass is 16.6. The Morgan fingerprint density at radius 2 is 0.926 bits per heavy atom. The first-order valence-corrected chi connectivity index (χ1v) is 10.3. The van der Waals surface area contributed by atoms with E-state index in [2.05, 4.69) is 13.8 Å². The predicted octanol–water partition coefficient (Wildman–Crippen LogP) is 1.43. The number of epoxide rings is 4. The van der Waals surface area contributed by atoms with Crippen LogP contribution in [-0.2, 0) is 23.7 Å². The predicted molar refractivity (Wildman–Crippen MR) is 98.7 cm³/mol. The van der Waals surface area contributed by atoms with Crippen molar-refractivity contribution in [2.75, 3.05) is 39.6 Å². The molecule has 4 unspecified atom stereocenters. The second-order valence-electron chi connectivity index (χ2n) is 8.79. The van der Waals surface area contributed by atoms with Gasteiger partial charge in [0.05, 0.1) is 62.0 Å². The molecule has 0 aromatic heterocycles. The van der Waals surface area contributed by atoms with Crippen molar-refractivity contribution in [2.45, 2.75) is 88.0 Å². The average Bonchev–Trinajstić information content (AvgIpc) is 3.43. The maximum atomic E-state index is 8.09. The number of unbranched alkanes of at least 4 members (excludes halogenated alkanes) is 1. The van der Waals surface area contributed by atoms with Gasteiger partial charge in [-0.1, -0.05) is 0 Å². The van der Waals surface area contributed by atoms with E-state index in [0.717, 1.165) is 65.0 Å².